The van der Waals surface area contributed by atoms with Gasteiger partial charge in [0.15, 0.2) is 5.75 Å². The first-order valence-electron chi connectivity index (χ1n) is 6.90. The van der Waals surface area contributed by atoms with Crippen LogP contribution in [0.3, 0.4) is 0 Å². The molecule has 1 atom stereocenters. The fourth-order valence-corrected chi connectivity index (χ4v) is 2.37. The summed E-state index contributed by atoms with van der Waals surface area (Å²) in [5.74, 6) is 1.61. The minimum Gasteiger partial charge on any atom is -0.497 e. The first kappa shape index (κ1) is 13.0. The third-order valence-corrected chi connectivity index (χ3v) is 3.49. The van der Waals surface area contributed by atoms with Crippen LogP contribution in [0.1, 0.15) is 12.8 Å². The Morgan fingerprint density at radius 3 is 3.15 bits per heavy atom. The molecule has 0 aliphatic carbocycles. The molecule has 0 amide bonds. The molecule has 1 N–H and O–H groups in total. The van der Waals surface area contributed by atoms with Crippen LogP contribution in [0, 0.1) is 0 Å². The van der Waals surface area contributed by atoms with Gasteiger partial charge in [-0.3, -0.25) is 0 Å². The summed E-state index contributed by atoms with van der Waals surface area (Å²) in [6.07, 6.45) is 6.05. The Balaban J connectivity index is 1.66. The molecule has 2 aromatic rings. The Bertz CT molecular complexity index is 562. The zero-order chi connectivity index (χ0) is 13.8. The molecule has 1 aliphatic rings. The van der Waals surface area contributed by atoms with E-state index in [2.05, 4.69) is 10.4 Å². The van der Waals surface area contributed by atoms with Gasteiger partial charge in [-0.15, -0.1) is 0 Å². The average Bonchev–Trinajstić information content (AvgIpc) is 3.16. The molecule has 2 heterocycles. The second-order valence-electron chi connectivity index (χ2n) is 4.93. The Morgan fingerprint density at radius 1 is 1.40 bits per heavy atom. The van der Waals surface area contributed by atoms with Crippen LogP contribution in [-0.4, -0.2) is 36.1 Å². The Hall–Kier alpha value is -2.01. The molecular formula is C15H19N3O2. The first-order valence-corrected chi connectivity index (χ1v) is 6.90. The van der Waals surface area contributed by atoms with E-state index in [1.165, 1.54) is 12.8 Å². The molecule has 3 rings (SSSR count). The van der Waals surface area contributed by atoms with Crippen molar-refractivity contribution in [1.82, 2.24) is 15.1 Å². The molecule has 5 heteroatoms. The quantitative estimate of drug-likeness (QED) is 0.905. The number of nitrogens with one attached hydrogen (secondary N) is 1. The summed E-state index contributed by atoms with van der Waals surface area (Å²) in [6.45, 7) is 1.79. The molecule has 1 fully saturated rings. The lowest BCUT2D eigenvalue weighted by atomic mass is 10.2. The molecule has 1 aliphatic heterocycles. The lowest BCUT2D eigenvalue weighted by Gasteiger charge is -2.10. The number of hydrogen-bond donors (Lipinski definition) is 1. The predicted molar refractivity (Wildman–Crippen MR) is 76.6 cm³/mol. The topological polar surface area (TPSA) is 48.3 Å². The number of aromatic nitrogens is 2. The van der Waals surface area contributed by atoms with Crippen LogP contribution in [0.4, 0.5) is 0 Å². The van der Waals surface area contributed by atoms with Gasteiger partial charge in [-0.25, -0.2) is 4.68 Å². The number of benzene rings is 1. The standard InChI is InChI=1S/C15H19N3O2/c1-19-14-6-2-5-13(8-14)18-10-15(9-17-18)20-11-12-4-3-7-16-12/h2,5-6,8-10,12,16H,3-4,7,11H2,1H3. The van der Waals surface area contributed by atoms with Crippen molar-refractivity contribution >= 4 is 0 Å². The maximum Gasteiger partial charge on any atom is 0.157 e. The summed E-state index contributed by atoms with van der Waals surface area (Å²) in [7, 11) is 1.66. The molecular weight excluding hydrogens is 254 g/mol. The summed E-state index contributed by atoms with van der Waals surface area (Å²) in [6, 6.07) is 8.25. The molecule has 0 radical (unpaired) electrons. The van der Waals surface area contributed by atoms with Crippen LogP contribution in [0.25, 0.3) is 5.69 Å². The van der Waals surface area contributed by atoms with E-state index < -0.39 is 0 Å². The van der Waals surface area contributed by atoms with Gasteiger partial charge in [0.1, 0.15) is 12.4 Å². The van der Waals surface area contributed by atoms with Crippen LogP contribution in [-0.2, 0) is 0 Å². The molecule has 1 aromatic carbocycles. The lowest BCUT2D eigenvalue weighted by Crippen LogP contribution is -2.28. The monoisotopic (exact) mass is 273 g/mol. The molecule has 1 unspecified atom stereocenters. The normalized spacial score (nSPS) is 18.1. The van der Waals surface area contributed by atoms with Crippen LogP contribution < -0.4 is 14.8 Å². The minimum absolute atomic E-state index is 0.468. The van der Waals surface area contributed by atoms with Crippen molar-refractivity contribution in [3.63, 3.8) is 0 Å². The van der Waals surface area contributed by atoms with Gasteiger partial charge in [-0.05, 0) is 31.5 Å². The van der Waals surface area contributed by atoms with E-state index in [0.29, 0.717) is 12.6 Å². The Labute approximate surface area is 118 Å². The molecule has 0 spiro atoms. The number of methoxy groups -OCH3 is 1. The summed E-state index contributed by atoms with van der Waals surface area (Å²) < 4.78 is 12.8. The summed E-state index contributed by atoms with van der Waals surface area (Å²) in [5.41, 5.74) is 0.957. The highest BCUT2D eigenvalue weighted by atomic mass is 16.5. The zero-order valence-electron chi connectivity index (χ0n) is 11.6. The third kappa shape index (κ3) is 2.93. The van der Waals surface area contributed by atoms with Crippen molar-refractivity contribution in [2.45, 2.75) is 18.9 Å². The summed E-state index contributed by atoms with van der Waals surface area (Å²) >= 11 is 0. The lowest BCUT2D eigenvalue weighted by molar-refractivity contribution is 0.277. The van der Waals surface area contributed by atoms with Crippen molar-refractivity contribution in [1.29, 1.82) is 0 Å². The highest BCUT2D eigenvalue weighted by molar-refractivity contribution is 5.39. The van der Waals surface area contributed by atoms with Crippen molar-refractivity contribution in [3.8, 4) is 17.2 Å². The Kier molecular flexibility index (Phi) is 3.87. The minimum atomic E-state index is 0.468. The van der Waals surface area contributed by atoms with Crippen molar-refractivity contribution in [3.05, 3.63) is 36.7 Å². The van der Waals surface area contributed by atoms with E-state index >= 15 is 0 Å². The number of rotatable bonds is 5. The summed E-state index contributed by atoms with van der Waals surface area (Å²) in [4.78, 5) is 0. The Morgan fingerprint density at radius 2 is 2.35 bits per heavy atom. The average molecular weight is 273 g/mol. The van der Waals surface area contributed by atoms with Gasteiger partial charge in [0.25, 0.3) is 0 Å². The molecule has 106 valence electrons. The van der Waals surface area contributed by atoms with E-state index in [-0.39, 0.29) is 0 Å². The van der Waals surface area contributed by atoms with E-state index in [0.717, 1.165) is 23.7 Å². The SMILES string of the molecule is COc1cccc(-n2cc(OCC3CCCN3)cn2)c1. The van der Waals surface area contributed by atoms with Gasteiger partial charge in [0.05, 0.1) is 25.2 Å². The molecule has 20 heavy (non-hydrogen) atoms. The van der Waals surface area contributed by atoms with Gasteiger partial charge in [0, 0.05) is 12.1 Å². The maximum atomic E-state index is 5.77. The third-order valence-electron chi connectivity index (χ3n) is 3.49. The summed E-state index contributed by atoms with van der Waals surface area (Å²) in [5, 5.41) is 7.73. The van der Waals surface area contributed by atoms with E-state index in [1.807, 2.05) is 30.5 Å². The van der Waals surface area contributed by atoms with Crippen LogP contribution in [0.15, 0.2) is 36.7 Å². The van der Waals surface area contributed by atoms with Gasteiger partial charge in [-0.1, -0.05) is 6.07 Å². The highest BCUT2D eigenvalue weighted by Crippen LogP contribution is 2.18. The largest absolute Gasteiger partial charge is 0.497 e. The fourth-order valence-electron chi connectivity index (χ4n) is 2.37. The number of hydrogen-bond acceptors (Lipinski definition) is 4. The molecule has 1 saturated heterocycles. The molecule has 0 saturated carbocycles. The van der Waals surface area contributed by atoms with E-state index in [4.69, 9.17) is 9.47 Å². The van der Waals surface area contributed by atoms with Crippen molar-refractivity contribution in [2.24, 2.45) is 0 Å². The first-order chi connectivity index (χ1) is 9.85. The highest BCUT2D eigenvalue weighted by Gasteiger charge is 2.14. The van der Waals surface area contributed by atoms with Gasteiger partial charge in [-0.2, -0.15) is 5.10 Å². The predicted octanol–water partition coefficient (Wildman–Crippen LogP) is 2.01. The van der Waals surface area contributed by atoms with Crippen LogP contribution >= 0.6 is 0 Å². The van der Waals surface area contributed by atoms with Crippen molar-refractivity contribution in [2.75, 3.05) is 20.3 Å². The van der Waals surface area contributed by atoms with Gasteiger partial charge >= 0.3 is 0 Å². The molecule has 5 nitrogen and oxygen atoms in total. The molecule has 1 aromatic heterocycles. The van der Waals surface area contributed by atoms with Gasteiger partial charge < -0.3 is 14.8 Å². The maximum absolute atomic E-state index is 5.77. The van der Waals surface area contributed by atoms with E-state index in [9.17, 15) is 0 Å². The smallest absolute Gasteiger partial charge is 0.157 e. The number of nitrogens with zero attached hydrogens (tertiary/aromatic N) is 2. The zero-order valence-corrected chi connectivity index (χ0v) is 11.6. The number of ether oxygens (including phenoxy) is 2. The second-order valence-corrected chi connectivity index (χ2v) is 4.93. The van der Waals surface area contributed by atoms with Crippen LogP contribution in [0.5, 0.6) is 11.5 Å². The van der Waals surface area contributed by atoms with Crippen LogP contribution in [0.2, 0.25) is 0 Å². The van der Waals surface area contributed by atoms with E-state index in [1.54, 1.807) is 18.0 Å². The van der Waals surface area contributed by atoms with Gasteiger partial charge in [0.2, 0.25) is 0 Å². The van der Waals surface area contributed by atoms with Crippen molar-refractivity contribution < 1.29 is 9.47 Å². The fraction of sp³-hybridized carbons (Fsp3) is 0.400. The second kappa shape index (κ2) is 5.96. The molecule has 0 bridgehead atoms.